The number of thiazole rings is 1. The number of nitrogens with one attached hydrogen (secondary N) is 2. The molecule has 4 nitrogen and oxygen atoms in total. The van der Waals surface area contributed by atoms with Crippen LogP contribution in [0.15, 0.2) is 60.8 Å². The second-order valence-corrected chi connectivity index (χ2v) is 6.64. The van der Waals surface area contributed by atoms with E-state index in [1.165, 1.54) is 10.3 Å². The van der Waals surface area contributed by atoms with Crippen molar-refractivity contribution in [2.45, 2.75) is 6.92 Å². The van der Waals surface area contributed by atoms with E-state index in [0.29, 0.717) is 5.69 Å². The summed E-state index contributed by atoms with van der Waals surface area (Å²) in [6.07, 6.45) is 1.73. The number of hydrogen-bond acceptors (Lipinski definition) is 3. The number of carbonyl (C=O) groups is 1. The fraction of sp³-hybridized carbons (Fsp3) is 0.0526. The standard InChI is InChI=1S/C19H15N3OS/c1-12-4-9-15-17(11-12)24-19(22-15)13-5-7-14(8-6-13)21-18(23)16-3-2-10-20-16/h2-11,20H,1H3,(H,21,23). The summed E-state index contributed by atoms with van der Waals surface area (Å²) in [7, 11) is 0. The number of anilines is 1. The van der Waals surface area contributed by atoms with Crippen LogP contribution in [-0.4, -0.2) is 15.9 Å². The first-order chi connectivity index (χ1) is 11.7. The van der Waals surface area contributed by atoms with Gasteiger partial charge in [-0.3, -0.25) is 4.79 Å². The molecule has 0 unspecified atom stereocenters. The fourth-order valence-corrected chi connectivity index (χ4v) is 3.59. The molecule has 2 aromatic carbocycles. The van der Waals surface area contributed by atoms with Gasteiger partial charge in [-0.15, -0.1) is 11.3 Å². The molecule has 0 aliphatic rings. The number of hydrogen-bond donors (Lipinski definition) is 2. The molecular formula is C19H15N3OS. The zero-order valence-corrected chi connectivity index (χ0v) is 13.9. The largest absolute Gasteiger partial charge is 0.357 e. The van der Waals surface area contributed by atoms with Crippen LogP contribution in [0.4, 0.5) is 5.69 Å². The lowest BCUT2D eigenvalue weighted by Gasteiger charge is -2.04. The molecule has 0 aliphatic carbocycles. The van der Waals surface area contributed by atoms with Crippen molar-refractivity contribution in [3.05, 3.63) is 72.1 Å². The molecule has 0 radical (unpaired) electrons. The number of benzene rings is 2. The molecule has 0 bridgehead atoms. The maximum atomic E-state index is 12.0. The number of carbonyl (C=O) groups excluding carboxylic acids is 1. The van der Waals surface area contributed by atoms with Gasteiger partial charge in [0, 0.05) is 17.4 Å². The topological polar surface area (TPSA) is 57.8 Å². The highest BCUT2D eigenvalue weighted by atomic mass is 32.1. The predicted octanol–water partition coefficient (Wildman–Crippen LogP) is 4.85. The second kappa shape index (κ2) is 5.94. The van der Waals surface area contributed by atoms with Crippen LogP contribution in [0, 0.1) is 6.92 Å². The summed E-state index contributed by atoms with van der Waals surface area (Å²) in [4.78, 5) is 19.6. The summed E-state index contributed by atoms with van der Waals surface area (Å²) >= 11 is 1.68. The number of aromatic amines is 1. The first-order valence-corrected chi connectivity index (χ1v) is 8.43. The molecule has 118 valence electrons. The van der Waals surface area contributed by atoms with Gasteiger partial charge in [-0.05, 0) is 61.0 Å². The number of aromatic nitrogens is 2. The van der Waals surface area contributed by atoms with Crippen LogP contribution in [0.2, 0.25) is 0 Å². The molecule has 5 heteroatoms. The van der Waals surface area contributed by atoms with Crippen LogP contribution in [0.25, 0.3) is 20.8 Å². The zero-order valence-electron chi connectivity index (χ0n) is 13.0. The van der Waals surface area contributed by atoms with Crippen LogP contribution in [0.3, 0.4) is 0 Å². The summed E-state index contributed by atoms with van der Waals surface area (Å²) in [6, 6.07) is 17.6. The monoisotopic (exact) mass is 333 g/mol. The number of fused-ring (bicyclic) bond motifs is 1. The van der Waals surface area contributed by atoms with Gasteiger partial charge in [-0.1, -0.05) is 6.07 Å². The maximum absolute atomic E-state index is 12.0. The van der Waals surface area contributed by atoms with E-state index < -0.39 is 0 Å². The van der Waals surface area contributed by atoms with Crippen molar-refractivity contribution in [1.29, 1.82) is 0 Å². The Hall–Kier alpha value is -2.92. The third kappa shape index (κ3) is 2.81. The predicted molar refractivity (Wildman–Crippen MR) is 98.5 cm³/mol. The van der Waals surface area contributed by atoms with Crippen molar-refractivity contribution >= 4 is 33.1 Å². The van der Waals surface area contributed by atoms with E-state index in [4.69, 9.17) is 0 Å². The van der Waals surface area contributed by atoms with Crippen LogP contribution >= 0.6 is 11.3 Å². The van der Waals surface area contributed by atoms with E-state index in [1.807, 2.05) is 24.3 Å². The van der Waals surface area contributed by atoms with Gasteiger partial charge >= 0.3 is 0 Å². The number of H-pyrrole nitrogens is 1. The van der Waals surface area contributed by atoms with Gasteiger partial charge in [0.1, 0.15) is 10.7 Å². The Morgan fingerprint density at radius 2 is 1.96 bits per heavy atom. The van der Waals surface area contributed by atoms with Crippen LogP contribution < -0.4 is 5.32 Å². The molecule has 2 heterocycles. The minimum absolute atomic E-state index is 0.150. The second-order valence-electron chi connectivity index (χ2n) is 5.61. The molecule has 2 aromatic heterocycles. The first kappa shape index (κ1) is 14.7. The molecule has 0 fully saturated rings. The van der Waals surface area contributed by atoms with Gasteiger partial charge in [0.05, 0.1) is 10.2 Å². The zero-order chi connectivity index (χ0) is 16.5. The van der Waals surface area contributed by atoms with Crippen molar-refractivity contribution in [2.75, 3.05) is 5.32 Å². The molecule has 0 aliphatic heterocycles. The van der Waals surface area contributed by atoms with E-state index in [1.54, 1.807) is 29.7 Å². The number of nitrogens with zero attached hydrogens (tertiary/aromatic N) is 1. The smallest absolute Gasteiger partial charge is 0.272 e. The highest BCUT2D eigenvalue weighted by molar-refractivity contribution is 7.21. The van der Waals surface area contributed by atoms with Gasteiger partial charge in [-0.2, -0.15) is 0 Å². The van der Waals surface area contributed by atoms with E-state index in [0.717, 1.165) is 21.8 Å². The molecular weight excluding hydrogens is 318 g/mol. The van der Waals surface area contributed by atoms with Gasteiger partial charge in [0.2, 0.25) is 0 Å². The molecule has 0 atom stereocenters. The number of rotatable bonds is 3. The van der Waals surface area contributed by atoms with Crippen molar-refractivity contribution in [1.82, 2.24) is 9.97 Å². The van der Waals surface area contributed by atoms with Crippen LogP contribution in [0.1, 0.15) is 16.1 Å². The maximum Gasteiger partial charge on any atom is 0.272 e. The molecule has 4 rings (SSSR count). The third-order valence-electron chi connectivity index (χ3n) is 3.78. The Labute approximate surface area is 143 Å². The fourth-order valence-electron chi connectivity index (χ4n) is 2.52. The number of amides is 1. The Balaban J connectivity index is 1.57. The molecule has 0 saturated carbocycles. The highest BCUT2D eigenvalue weighted by Crippen LogP contribution is 2.31. The Morgan fingerprint density at radius 1 is 1.12 bits per heavy atom. The summed E-state index contributed by atoms with van der Waals surface area (Å²) in [5.74, 6) is -0.150. The quantitative estimate of drug-likeness (QED) is 0.563. The normalized spacial score (nSPS) is 10.9. The van der Waals surface area contributed by atoms with Crippen molar-refractivity contribution in [2.24, 2.45) is 0 Å². The van der Waals surface area contributed by atoms with E-state index in [2.05, 4.69) is 40.4 Å². The Morgan fingerprint density at radius 3 is 2.71 bits per heavy atom. The van der Waals surface area contributed by atoms with Gasteiger partial charge in [0.25, 0.3) is 5.91 Å². The SMILES string of the molecule is Cc1ccc2nc(-c3ccc(NC(=O)c4ccc[nH]4)cc3)sc2c1. The first-order valence-electron chi connectivity index (χ1n) is 7.61. The summed E-state index contributed by atoms with van der Waals surface area (Å²) in [5, 5.41) is 3.85. The molecule has 0 saturated heterocycles. The highest BCUT2D eigenvalue weighted by Gasteiger charge is 2.09. The minimum Gasteiger partial charge on any atom is -0.357 e. The Bertz CT molecular complexity index is 1000. The molecule has 24 heavy (non-hydrogen) atoms. The molecule has 4 aromatic rings. The van der Waals surface area contributed by atoms with Gasteiger partial charge in [0.15, 0.2) is 0 Å². The van der Waals surface area contributed by atoms with Gasteiger partial charge < -0.3 is 10.3 Å². The van der Waals surface area contributed by atoms with Crippen LogP contribution in [-0.2, 0) is 0 Å². The van der Waals surface area contributed by atoms with Crippen LogP contribution in [0.5, 0.6) is 0 Å². The number of aryl methyl sites for hydroxylation is 1. The average Bonchev–Trinajstić information content (AvgIpc) is 3.24. The van der Waals surface area contributed by atoms with Crippen molar-refractivity contribution in [3.8, 4) is 10.6 Å². The molecule has 2 N–H and O–H groups in total. The lowest BCUT2D eigenvalue weighted by Crippen LogP contribution is -2.11. The van der Waals surface area contributed by atoms with Gasteiger partial charge in [-0.25, -0.2) is 4.98 Å². The molecule has 0 spiro atoms. The summed E-state index contributed by atoms with van der Waals surface area (Å²) < 4.78 is 1.19. The third-order valence-corrected chi connectivity index (χ3v) is 4.84. The van der Waals surface area contributed by atoms with E-state index in [9.17, 15) is 4.79 Å². The average molecular weight is 333 g/mol. The molecule has 1 amide bonds. The summed E-state index contributed by atoms with van der Waals surface area (Å²) in [5.41, 5.74) is 4.60. The van der Waals surface area contributed by atoms with E-state index in [-0.39, 0.29) is 5.91 Å². The van der Waals surface area contributed by atoms with Crippen molar-refractivity contribution < 1.29 is 4.79 Å². The van der Waals surface area contributed by atoms with E-state index >= 15 is 0 Å². The lowest BCUT2D eigenvalue weighted by molar-refractivity contribution is 0.102. The van der Waals surface area contributed by atoms with Crippen molar-refractivity contribution in [3.63, 3.8) is 0 Å². The minimum atomic E-state index is -0.150. The summed E-state index contributed by atoms with van der Waals surface area (Å²) in [6.45, 7) is 2.08. The Kier molecular flexibility index (Phi) is 3.63. The lowest BCUT2D eigenvalue weighted by atomic mass is 10.2.